The Balaban J connectivity index is 1.60. The molecule has 180 valence electrons. The number of hydrogen-bond donors (Lipinski definition) is 1. The van der Waals surface area contributed by atoms with Crippen LogP contribution in [-0.4, -0.2) is 36.7 Å². The molecule has 2 aliphatic rings. The third-order valence-electron chi connectivity index (χ3n) is 6.13. The number of anilines is 2. The number of fused-ring (bicyclic) bond motifs is 1. The van der Waals surface area contributed by atoms with E-state index in [0.29, 0.717) is 33.8 Å². The lowest BCUT2D eigenvalue weighted by atomic mass is 9.90. The van der Waals surface area contributed by atoms with Gasteiger partial charge >= 0.3 is 0 Å². The first-order valence-corrected chi connectivity index (χ1v) is 11.9. The molecule has 3 aromatic rings. The molecule has 35 heavy (non-hydrogen) atoms. The first kappa shape index (κ1) is 23.2. The Bertz CT molecular complexity index is 1280. The highest BCUT2D eigenvalue weighted by Crippen LogP contribution is 2.49. The molecule has 0 bridgehead atoms. The Labute approximate surface area is 210 Å². The molecule has 1 N–H and O–H groups in total. The van der Waals surface area contributed by atoms with Crippen molar-refractivity contribution in [2.45, 2.75) is 19.1 Å². The van der Waals surface area contributed by atoms with E-state index in [-0.39, 0.29) is 17.4 Å². The third kappa shape index (κ3) is 3.90. The van der Waals surface area contributed by atoms with Gasteiger partial charge in [0.1, 0.15) is 11.7 Å². The summed E-state index contributed by atoms with van der Waals surface area (Å²) in [5.41, 5.74) is 1.77. The third-order valence-corrected chi connectivity index (χ3v) is 6.73. The second-order valence-electron chi connectivity index (χ2n) is 8.15. The quantitative estimate of drug-likeness (QED) is 0.458. The van der Waals surface area contributed by atoms with Crippen LogP contribution in [0.1, 0.15) is 18.5 Å². The zero-order valence-corrected chi connectivity index (χ0v) is 20.6. The monoisotopic (exact) mass is 538 g/mol. The minimum Gasteiger partial charge on any atom is -0.503 e. The van der Waals surface area contributed by atoms with Crippen LogP contribution in [0.3, 0.4) is 0 Å². The van der Waals surface area contributed by atoms with Crippen molar-refractivity contribution < 1.29 is 29.0 Å². The van der Waals surface area contributed by atoms with Gasteiger partial charge in [0.25, 0.3) is 5.91 Å². The van der Waals surface area contributed by atoms with Crippen molar-refractivity contribution in [3.05, 3.63) is 76.8 Å². The smallest absolute Gasteiger partial charge is 0.266 e. The number of hydrogen-bond acceptors (Lipinski definition) is 7. The number of carbonyl (C=O) groups excluding carboxylic acids is 2. The van der Waals surface area contributed by atoms with Gasteiger partial charge in [-0.15, -0.1) is 0 Å². The zero-order chi connectivity index (χ0) is 24.7. The second kappa shape index (κ2) is 9.24. The van der Waals surface area contributed by atoms with E-state index in [4.69, 9.17) is 14.3 Å². The van der Waals surface area contributed by atoms with Crippen molar-refractivity contribution in [1.82, 2.24) is 0 Å². The summed E-state index contributed by atoms with van der Waals surface area (Å²) in [6.45, 7) is 2.33. The number of phenols is 1. The van der Waals surface area contributed by atoms with Gasteiger partial charge in [-0.3, -0.25) is 14.4 Å². The van der Waals surface area contributed by atoms with Crippen LogP contribution in [0.25, 0.3) is 0 Å². The van der Waals surface area contributed by atoms with Crippen LogP contribution in [0.5, 0.6) is 17.2 Å². The van der Waals surface area contributed by atoms with Crippen LogP contribution in [0.2, 0.25) is 0 Å². The van der Waals surface area contributed by atoms with Crippen molar-refractivity contribution in [2.24, 2.45) is 5.92 Å². The molecule has 0 radical (unpaired) electrons. The fraction of sp³-hybridized carbons (Fsp3) is 0.231. The van der Waals surface area contributed by atoms with Crippen LogP contribution in [-0.2, 0) is 14.4 Å². The van der Waals surface area contributed by atoms with Crippen LogP contribution in [0.15, 0.2) is 71.2 Å². The molecule has 3 aromatic carbocycles. The highest BCUT2D eigenvalue weighted by Gasteiger charge is 2.60. The zero-order valence-electron chi connectivity index (χ0n) is 19.1. The number of halogens is 1. The molecule has 0 unspecified atom stereocenters. The lowest BCUT2D eigenvalue weighted by molar-refractivity contribution is -0.126. The van der Waals surface area contributed by atoms with E-state index in [0.717, 1.165) is 0 Å². The average molecular weight is 539 g/mol. The molecule has 0 spiro atoms. The van der Waals surface area contributed by atoms with Crippen LogP contribution in [0, 0.1) is 5.92 Å². The second-order valence-corrected chi connectivity index (χ2v) is 9.01. The minimum atomic E-state index is -1.01. The van der Waals surface area contributed by atoms with Crippen LogP contribution < -0.4 is 19.4 Å². The molecule has 2 amide bonds. The van der Waals surface area contributed by atoms with E-state index in [1.807, 2.05) is 37.3 Å². The van der Waals surface area contributed by atoms with Gasteiger partial charge in [0.05, 0.1) is 35.6 Å². The lowest BCUT2D eigenvalue weighted by Crippen LogP contribution is -2.37. The summed E-state index contributed by atoms with van der Waals surface area (Å²) < 4.78 is 11.3. The molecule has 8 nitrogen and oxygen atoms in total. The van der Waals surface area contributed by atoms with Gasteiger partial charge < -0.3 is 14.6 Å². The number of carbonyl (C=O) groups is 2. The fourth-order valence-electron chi connectivity index (χ4n) is 4.61. The topological polar surface area (TPSA) is 88.5 Å². The van der Waals surface area contributed by atoms with Crippen LogP contribution >= 0.6 is 15.9 Å². The van der Waals surface area contributed by atoms with Crippen molar-refractivity contribution in [3.8, 4) is 17.2 Å². The number of amides is 2. The number of para-hydroxylation sites is 1. The standard InChI is InChI=1S/C26H23BrN2O6/c1-3-34-18-11-7-10-17(14-18)28-25(31)21-22(15-12-19(27)23(30)20(13-15)33-2)29(35-24(21)26(28)32)16-8-5-4-6-9-16/h4-14,21-22,24,30H,3H2,1-2H3/t21-,22+,24+/m0/s1. The molecule has 2 fully saturated rings. The number of benzene rings is 3. The first-order chi connectivity index (χ1) is 16.9. The molecular formula is C26H23BrN2O6. The van der Waals surface area contributed by atoms with E-state index in [9.17, 15) is 14.7 Å². The number of methoxy groups -OCH3 is 1. The number of nitrogens with zero attached hydrogens (tertiary/aromatic N) is 2. The molecule has 0 aromatic heterocycles. The van der Waals surface area contributed by atoms with Gasteiger partial charge in [-0.25, -0.2) is 9.96 Å². The Morgan fingerprint density at radius 3 is 2.46 bits per heavy atom. The van der Waals surface area contributed by atoms with Gasteiger partial charge in [-0.05, 0) is 64.8 Å². The van der Waals surface area contributed by atoms with E-state index in [2.05, 4.69) is 15.9 Å². The Hall–Kier alpha value is -3.56. The molecule has 9 heteroatoms. The molecule has 2 aliphatic heterocycles. The molecular weight excluding hydrogens is 516 g/mol. The summed E-state index contributed by atoms with van der Waals surface area (Å²) in [5.74, 6) is -0.884. The summed E-state index contributed by atoms with van der Waals surface area (Å²) in [7, 11) is 1.45. The van der Waals surface area contributed by atoms with Gasteiger partial charge in [0.15, 0.2) is 17.6 Å². The molecule has 0 aliphatic carbocycles. The van der Waals surface area contributed by atoms with Crippen molar-refractivity contribution in [2.75, 3.05) is 23.7 Å². The number of aromatic hydroxyl groups is 1. The Kier molecular flexibility index (Phi) is 6.12. The van der Waals surface area contributed by atoms with Gasteiger partial charge in [0, 0.05) is 6.07 Å². The number of imide groups is 1. The first-order valence-electron chi connectivity index (χ1n) is 11.1. The maximum Gasteiger partial charge on any atom is 0.266 e. The summed E-state index contributed by atoms with van der Waals surface area (Å²) >= 11 is 3.37. The van der Waals surface area contributed by atoms with Crippen molar-refractivity contribution in [3.63, 3.8) is 0 Å². The van der Waals surface area contributed by atoms with E-state index >= 15 is 0 Å². The molecule has 5 rings (SSSR count). The van der Waals surface area contributed by atoms with Crippen LogP contribution in [0.4, 0.5) is 11.4 Å². The van der Waals surface area contributed by atoms with Gasteiger partial charge in [-0.1, -0.05) is 24.3 Å². The molecule has 3 atom stereocenters. The van der Waals surface area contributed by atoms with Gasteiger partial charge in [0.2, 0.25) is 5.91 Å². The maximum absolute atomic E-state index is 13.8. The molecule has 0 saturated carbocycles. The minimum absolute atomic E-state index is 0.0545. The predicted octanol–water partition coefficient (Wildman–Crippen LogP) is 4.61. The summed E-state index contributed by atoms with van der Waals surface area (Å²) in [6.07, 6.45) is -1.01. The Morgan fingerprint density at radius 2 is 1.74 bits per heavy atom. The highest BCUT2D eigenvalue weighted by molar-refractivity contribution is 9.10. The summed E-state index contributed by atoms with van der Waals surface area (Å²) in [4.78, 5) is 34.6. The summed E-state index contributed by atoms with van der Waals surface area (Å²) in [6, 6.07) is 18.9. The number of phenolic OH excluding ortho intramolecular Hbond substituents is 1. The summed E-state index contributed by atoms with van der Waals surface area (Å²) in [5, 5.41) is 11.9. The van der Waals surface area contributed by atoms with Crippen molar-refractivity contribution >= 4 is 39.1 Å². The lowest BCUT2D eigenvalue weighted by Gasteiger charge is -2.29. The average Bonchev–Trinajstić information content (AvgIpc) is 3.37. The molecule has 2 heterocycles. The SMILES string of the molecule is CCOc1cccc(N2C(=O)[C@H]3[C@@H](c4cc(Br)c(O)c(OC)c4)N(c4ccccc4)O[C@H]3C2=O)c1. The fourth-order valence-corrected chi connectivity index (χ4v) is 5.07. The predicted molar refractivity (Wildman–Crippen MR) is 132 cm³/mol. The number of rotatable bonds is 6. The van der Waals surface area contributed by atoms with E-state index in [1.165, 1.54) is 12.0 Å². The maximum atomic E-state index is 13.8. The van der Waals surface area contributed by atoms with Gasteiger partial charge in [-0.2, -0.15) is 0 Å². The number of hydroxylamine groups is 1. The largest absolute Gasteiger partial charge is 0.503 e. The van der Waals surface area contributed by atoms with E-state index < -0.39 is 24.0 Å². The van der Waals surface area contributed by atoms with E-state index in [1.54, 1.807) is 41.5 Å². The number of ether oxygens (including phenoxy) is 2. The highest BCUT2D eigenvalue weighted by atomic mass is 79.9. The Morgan fingerprint density at radius 1 is 1.00 bits per heavy atom. The molecule has 2 saturated heterocycles. The van der Waals surface area contributed by atoms with Crippen molar-refractivity contribution in [1.29, 1.82) is 0 Å². The normalized spacial score (nSPS) is 21.4.